The lowest BCUT2D eigenvalue weighted by Gasteiger charge is -2.15. The van der Waals surface area contributed by atoms with Crippen molar-refractivity contribution in [1.29, 1.82) is 0 Å². The third-order valence-corrected chi connectivity index (χ3v) is 1.90. The van der Waals surface area contributed by atoms with Crippen LogP contribution in [0.1, 0.15) is 18.4 Å². The summed E-state index contributed by atoms with van der Waals surface area (Å²) in [6.07, 6.45) is -4.20. The van der Waals surface area contributed by atoms with E-state index >= 15 is 0 Å². The van der Waals surface area contributed by atoms with Gasteiger partial charge in [0.05, 0.1) is 5.92 Å². The van der Waals surface area contributed by atoms with Gasteiger partial charge in [-0.2, -0.15) is 13.2 Å². The van der Waals surface area contributed by atoms with Gasteiger partial charge in [-0.15, -0.1) is 0 Å². The van der Waals surface area contributed by atoms with E-state index in [4.69, 9.17) is 5.73 Å². The van der Waals surface area contributed by atoms with Gasteiger partial charge in [0.2, 0.25) is 0 Å². The molecule has 4 heteroatoms. The molecule has 72 valence electrons. The van der Waals surface area contributed by atoms with Crippen molar-refractivity contribution < 1.29 is 13.2 Å². The van der Waals surface area contributed by atoms with Crippen LogP contribution in [0, 0.1) is 0 Å². The minimum absolute atomic E-state index is 0.201. The first-order valence-corrected chi connectivity index (χ1v) is 3.83. The molecule has 1 atom stereocenters. The molecule has 0 saturated heterocycles. The molecule has 13 heavy (non-hydrogen) atoms. The van der Waals surface area contributed by atoms with Crippen molar-refractivity contribution in [2.75, 3.05) is 5.73 Å². The van der Waals surface area contributed by atoms with E-state index < -0.39 is 12.1 Å². The zero-order chi connectivity index (χ0) is 10.1. The first-order valence-electron chi connectivity index (χ1n) is 3.83. The molecule has 0 aliphatic carbocycles. The fourth-order valence-corrected chi connectivity index (χ4v) is 1.02. The average molecular weight is 189 g/mol. The highest BCUT2D eigenvalue weighted by Crippen LogP contribution is 2.34. The second-order valence-electron chi connectivity index (χ2n) is 2.93. The SMILES string of the molecule is CC(c1cccc(N)c1)C(F)(F)F. The van der Waals surface area contributed by atoms with Gasteiger partial charge in [0.1, 0.15) is 0 Å². The molecule has 1 unspecified atom stereocenters. The van der Waals surface area contributed by atoms with Crippen molar-refractivity contribution in [1.82, 2.24) is 0 Å². The number of anilines is 1. The maximum atomic E-state index is 12.2. The number of rotatable bonds is 1. The minimum Gasteiger partial charge on any atom is -0.399 e. The van der Waals surface area contributed by atoms with Crippen molar-refractivity contribution in [3.8, 4) is 0 Å². The summed E-state index contributed by atoms with van der Waals surface area (Å²) in [5.41, 5.74) is 5.93. The minimum atomic E-state index is -4.20. The van der Waals surface area contributed by atoms with Gasteiger partial charge < -0.3 is 5.73 Å². The van der Waals surface area contributed by atoms with Gasteiger partial charge in [0.15, 0.2) is 0 Å². The first-order chi connectivity index (χ1) is 5.91. The molecule has 0 amide bonds. The van der Waals surface area contributed by atoms with Crippen LogP contribution in [0.3, 0.4) is 0 Å². The summed E-state index contributed by atoms with van der Waals surface area (Å²) in [4.78, 5) is 0. The van der Waals surface area contributed by atoms with Gasteiger partial charge >= 0.3 is 6.18 Å². The molecule has 0 aliphatic heterocycles. The fourth-order valence-electron chi connectivity index (χ4n) is 1.02. The largest absolute Gasteiger partial charge is 0.399 e. The maximum Gasteiger partial charge on any atom is 0.395 e. The summed E-state index contributed by atoms with van der Waals surface area (Å²) in [5, 5.41) is 0. The van der Waals surface area contributed by atoms with E-state index in [1.165, 1.54) is 18.2 Å². The first kappa shape index (κ1) is 9.89. The number of nitrogens with two attached hydrogens (primary N) is 1. The Labute approximate surface area is 74.4 Å². The van der Waals surface area contributed by atoms with Gasteiger partial charge in [-0.3, -0.25) is 0 Å². The highest BCUT2D eigenvalue weighted by Gasteiger charge is 2.36. The molecule has 1 nitrogen and oxygen atoms in total. The number of hydrogen-bond donors (Lipinski definition) is 1. The Bertz CT molecular complexity index is 293. The van der Waals surface area contributed by atoms with Gasteiger partial charge in [-0.1, -0.05) is 12.1 Å². The second kappa shape index (κ2) is 3.28. The lowest BCUT2D eigenvalue weighted by atomic mass is 10.0. The molecule has 0 heterocycles. The zero-order valence-corrected chi connectivity index (χ0v) is 7.10. The summed E-state index contributed by atoms with van der Waals surface area (Å²) >= 11 is 0. The van der Waals surface area contributed by atoms with Gasteiger partial charge in [0, 0.05) is 5.69 Å². The molecule has 2 N–H and O–H groups in total. The molecule has 0 saturated carbocycles. The lowest BCUT2D eigenvalue weighted by Crippen LogP contribution is -2.17. The molecule has 0 aliphatic rings. The van der Waals surface area contributed by atoms with Crippen LogP contribution in [0.25, 0.3) is 0 Å². The summed E-state index contributed by atoms with van der Waals surface area (Å²) in [6.45, 7) is 1.12. The number of alkyl halides is 3. The Morgan fingerprint density at radius 1 is 1.31 bits per heavy atom. The van der Waals surface area contributed by atoms with Crippen LogP contribution in [-0.2, 0) is 0 Å². The van der Waals surface area contributed by atoms with Crippen molar-refractivity contribution in [2.24, 2.45) is 0 Å². The van der Waals surface area contributed by atoms with E-state index in [0.717, 1.165) is 6.92 Å². The van der Waals surface area contributed by atoms with E-state index in [0.29, 0.717) is 5.69 Å². The number of hydrogen-bond acceptors (Lipinski definition) is 1. The van der Waals surface area contributed by atoms with E-state index in [9.17, 15) is 13.2 Å². The summed E-state index contributed by atoms with van der Waals surface area (Å²) < 4.78 is 36.7. The normalized spacial score (nSPS) is 14.2. The van der Waals surface area contributed by atoms with Crippen molar-refractivity contribution in [3.63, 3.8) is 0 Å². The predicted molar refractivity (Wildman–Crippen MR) is 45.3 cm³/mol. The Kier molecular flexibility index (Phi) is 2.50. The highest BCUT2D eigenvalue weighted by atomic mass is 19.4. The lowest BCUT2D eigenvalue weighted by molar-refractivity contribution is -0.146. The number of benzene rings is 1. The molecular weight excluding hydrogens is 179 g/mol. The Morgan fingerprint density at radius 2 is 1.92 bits per heavy atom. The molecule has 1 aromatic rings. The van der Waals surface area contributed by atoms with Crippen LogP contribution in [0.2, 0.25) is 0 Å². The Balaban J connectivity index is 2.96. The van der Waals surface area contributed by atoms with Crippen molar-refractivity contribution in [2.45, 2.75) is 19.0 Å². The standard InChI is InChI=1S/C9H10F3N/c1-6(9(10,11)12)7-3-2-4-8(13)5-7/h2-6H,13H2,1H3. The van der Waals surface area contributed by atoms with E-state index in [-0.39, 0.29) is 5.56 Å². The number of nitrogen functional groups attached to an aromatic ring is 1. The summed E-state index contributed by atoms with van der Waals surface area (Å²) in [5.74, 6) is -1.46. The average Bonchev–Trinajstić information content (AvgIpc) is 2.01. The third kappa shape index (κ3) is 2.37. The molecule has 0 fully saturated rings. The van der Waals surface area contributed by atoms with E-state index in [1.54, 1.807) is 6.07 Å². The molecule has 0 radical (unpaired) electrons. The van der Waals surface area contributed by atoms with Crippen LogP contribution in [-0.4, -0.2) is 6.18 Å². The van der Waals surface area contributed by atoms with Gasteiger partial charge in [-0.25, -0.2) is 0 Å². The molecule has 1 aromatic carbocycles. The van der Waals surface area contributed by atoms with Gasteiger partial charge in [-0.05, 0) is 24.6 Å². The molecule has 1 rings (SSSR count). The molecule has 0 aromatic heterocycles. The second-order valence-corrected chi connectivity index (χ2v) is 2.93. The summed E-state index contributed by atoms with van der Waals surface area (Å²) in [7, 11) is 0. The molecular formula is C9H10F3N. The maximum absolute atomic E-state index is 12.2. The Morgan fingerprint density at radius 3 is 2.38 bits per heavy atom. The Hall–Kier alpha value is -1.19. The molecule has 0 spiro atoms. The van der Waals surface area contributed by atoms with Gasteiger partial charge in [0.25, 0.3) is 0 Å². The zero-order valence-electron chi connectivity index (χ0n) is 7.10. The van der Waals surface area contributed by atoms with Crippen LogP contribution < -0.4 is 5.73 Å². The monoisotopic (exact) mass is 189 g/mol. The highest BCUT2D eigenvalue weighted by molar-refractivity contribution is 5.41. The van der Waals surface area contributed by atoms with E-state index in [1.807, 2.05) is 0 Å². The summed E-state index contributed by atoms with van der Waals surface area (Å²) in [6, 6.07) is 5.85. The molecule has 0 bridgehead atoms. The third-order valence-electron chi connectivity index (χ3n) is 1.90. The fraction of sp³-hybridized carbons (Fsp3) is 0.333. The van der Waals surface area contributed by atoms with Crippen molar-refractivity contribution in [3.05, 3.63) is 29.8 Å². The quantitative estimate of drug-likeness (QED) is 0.675. The van der Waals surface area contributed by atoms with Crippen LogP contribution in [0.5, 0.6) is 0 Å². The number of halogens is 3. The smallest absolute Gasteiger partial charge is 0.395 e. The van der Waals surface area contributed by atoms with Crippen LogP contribution in [0.15, 0.2) is 24.3 Å². The predicted octanol–water partition coefficient (Wildman–Crippen LogP) is 2.93. The topological polar surface area (TPSA) is 26.0 Å². The van der Waals surface area contributed by atoms with Crippen molar-refractivity contribution >= 4 is 5.69 Å². The van der Waals surface area contributed by atoms with E-state index in [2.05, 4.69) is 0 Å². The van der Waals surface area contributed by atoms with Crippen LogP contribution in [0.4, 0.5) is 18.9 Å². The van der Waals surface area contributed by atoms with Crippen LogP contribution >= 0.6 is 0 Å².